The van der Waals surface area contributed by atoms with E-state index in [1.807, 2.05) is 0 Å². The van der Waals surface area contributed by atoms with E-state index in [0.29, 0.717) is 6.04 Å². The Labute approximate surface area is 162 Å². The van der Waals surface area contributed by atoms with Crippen LogP contribution in [0.2, 0.25) is 0 Å². The van der Waals surface area contributed by atoms with Crippen LogP contribution in [0.3, 0.4) is 0 Å². The lowest BCUT2D eigenvalue weighted by Crippen LogP contribution is -2.32. The summed E-state index contributed by atoms with van der Waals surface area (Å²) in [5.41, 5.74) is 4.56. The first-order chi connectivity index (χ1) is 12.7. The van der Waals surface area contributed by atoms with Gasteiger partial charge < -0.3 is 5.32 Å². The van der Waals surface area contributed by atoms with Gasteiger partial charge in [-0.15, -0.1) is 0 Å². The molecule has 26 heavy (non-hydrogen) atoms. The van der Waals surface area contributed by atoms with Gasteiger partial charge in [-0.1, -0.05) is 68.9 Å². The van der Waals surface area contributed by atoms with Crippen LogP contribution in [0.1, 0.15) is 83.6 Å². The van der Waals surface area contributed by atoms with Gasteiger partial charge in [-0.2, -0.15) is 0 Å². The minimum Gasteiger partial charge on any atom is -0.366 e. The predicted molar refractivity (Wildman–Crippen MR) is 117 cm³/mol. The second-order valence-corrected chi connectivity index (χ2v) is 11.1. The molecule has 2 saturated carbocycles. The zero-order chi connectivity index (χ0) is 18.2. The molecule has 0 amide bonds. The molecule has 0 radical (unpaired) electrons. The van der Waals surface area contributed by atoms with Crippen molar-refractivity contribution in [2.24, 2.45) is 4.99 Å². The Morgan fingerprint density at radius 3 is 1.96 bits per heavy atom. The first-order valence-corrected chi connectivity index (χ1v) is 12.4. The summed E-state index contributed by atoms with van der Waals surface area (Å²) in [5, 5.41) is 3.84. The molecule has 1 aromatic rings. The predicted octanol–water partition coefficient (Wildman–Crippen LogP) is 6.69. The van der Waals surface area contributed by atoms with Gasteiger partial charge in [0.15, 0.2) is 0 Å². The summed E-state index contributed by atoms with van der Waals surface area (Å²) in [7, 11) is -0.150. The Morgan fingerprint density at radius 2 is 1.46 bits per heavy atom. The molecule has 0 spiro atoms. The van der Waals surface area contributed by atoms with E-state index in [1.54, 1.807) is 0 Å². The van der Waals surface area contributed by atoms with E-state index in [2.05, 4.69) is 49.5 Å². The van der Waals surface area contributed by atoms with Gasteiger partial charge in [0, 0.05) is 12.6 Å². The highest BCUT2D eigenvalue weighted by molar-refractivity contribution is 7.76. The molecule has 2 aliphatic carbocycles. The molecule has 0 saturated heterocycles. The first-order valence-electron chi connectivity index (χ1n) is 10.9. The van der Waals surface area contributed by atoms with E-state index in [1.165, 1.54) is 75.3 Å². The van der Waals surface area contributed by atoms with Crippen molar-refractivity contribution < 1.29 is 0 Å². The molecule has 0 unspecified atom stereocenters. The van der Waals surface area contributed by atoms with Gasteiger partial charge in [0.1, 0.15) is 5.58 Å². The number of hydrogen-bond donors (Lipinski definition) is 1. The number of amidine groups is 1. The largest absolute Gasteiger partial charge is 0.366 e. The summed E-state index contributed by atoms with van der Waals surface area (Å²) in [6.07, 6.45) is 14.4. The highest BCUT2D eigenvalue weighted by atomic mass is 31.1. The van der Waals surface area contributed by atoms with E-state index >= 15 is 0 Å². The number of nitrogens with zero attached hydrogens (tertiary/aromatic N) is 1. The van der Waals surface area contributed by atoms with E-state index < -0.39 is 0 Å². The molecule has 1 aromatic carbocycles. The minimum absolute atomic E-state index is 0.150. The van der Waals surface area contributed by atoms with Crippen molar-refractivity contribution in [1.29, 1.82) is 0 Å². The zero-order valence-electron chi connectivity index (χ0n) is 16.8. The van der Waals surface area contributed by atoms with Gasteiger partial charge in [0.25, 0.3) is 0 Å². The zero-order valence-corrected chi connectivity index (χ0v) is 17.7. The molecule has 2 fully saturated rings. The van der Waals surface area contributed by atoms with Crippen molar-refractivity contribution in [2.75, 3.05) is 0 Å². The molecule has 0 atom stereocenters. The third-order valence-corrected chi connectivity index (χ3v) is 9.22. The van der Waals surface area contributed by atoms with Crippen LogP contribution in [0.25, 0.3) is 0 Å². The quantitative estimate of drug-likeness (QED) is 0.336. The number of benzene rings is 1. The van der Waals surface area contributed by atoms with Gasteiger partial charge in [-0.3, -0.25) is 4.99 Å². The van der Waals surface area contributed by atoms with Crippen LogP contribution in [0.4, 0.5) is 0 Å². The smallest absolute Gasteiger partial charge is 0.120 e. The average Bonchev–Trinajstić information content (AvgIpc) is 2.68. The normalized spacial score (nSPS) is 20.7. The third kappa shape index (κ3) is 5.81. The summed E-state index contributed by atoms with van der Waals surface area (Å²) < 4.78 is 0. The molecule has 0 bridgehead atoms. The molecular formula is C23H37N2P. The van der Waals surface area contributed by atoms with Crippen molar-refractivity contribution in [3.05, 3.63) is 35.9 Å². The second kappa shape index (κ2) is 10.5. The lowest BCUT2D eigenvalue weighted by atomic mass is 9.99. The topological polar surface area (TPSA) is 24.4 Å². The second-order valence-electron chi connectivity index (χ2n) is 8.38. The molecule has 0 aromatic heterocycles. The van der Waals surface area contributed by atoms with Gasteiger partial charge in [-0.25, -0.2) is 0 Å². The van der Waals surface area contributed by atoms with Crippen molar-refractivity contribution in [1.82, 2.24) is 5.32 Å². The average molecular weight is 373 g/mol. The lowest BCUT2D eigenvalue weighted by molar-refractivity contribution is 0.487. The van der Waals surface area contributed by atoms with Crippen LogP contribution in [-0.2, 0) is 6.54 Å². The number of rotatable bonds is 6. The standard InChI is InChI=1S/C23H37N2P/c1-19(2)25-23(24-18-20-12-6-3-7-13-20)26(21-14-8-4-9-15-21)22-16-10-5-11-17-22/h3,6-7,12-13,19,21-22H,4-5,8-11,14-18H2,1-2H3,(H,24,25). The Hall–Kier alpha value is -0.880. The fourth-order valence-corrected chi connectivity index (χ4v) is 8.34. The van der Waals surface area contributed by atoms with Gasteiger partial charge in [0.05, 0.1) is 0 Å². The van der Waals surface area contributed by atoms with Crippen LogP contribution in [-0.4, -0.2) is 22.9 Å². The van der Waals surface area contributed by atoms with Crippen molar-refractivity contribution in [3.8, 4) is 0 Å². The minimum atomic E-state index is -0.150. The fraction of sp³-hybridized carbons (Fsp3) is 0.696. The van der Waals surface area contributed by atoms with Gasteiger partial charge in [-0.05, 0) is 64.3 Å². The molecular weight excluding hydrogens is 335 g/mol. The molecule has 0 aliphatic heterocycles. The maximum atomic E-state index is 5.18. The fourth-order valence-electron chi connectivity index (χ4n) is 4.59. The summed E-state index contributed by atoms with van der Waals surface area (Å²) >= 11 is 0. The van der Waals surface area contributed by atoms with Crippen LogP contribution in [0.15, 0.2) is 35.3 Å². The Balaban J connectivity index is 1.79. The molecule has 2 aliphatic rings. The highest BCUT2D eigenvalue weighted by Crippen LogP contribution is 2.56. The summed E-state index contributed by atoms with van der Waals surface area (Å²) in [6, 6.07) is 11.2. The number of aliphatic imine (C=N–C) groups is 1. The first kappa shape index (κ1) is 19.9. The molecule has 1 N–H and O–H groups in total. The van der Waals surface area contributed by atoms with Crippen LogP contribution >= 0.6 is 7.92 Å². The number of nitrogens with one attached hydrogen (secondary N) is 1. The maximum Gasteiger partial charge on any atom is 0.120 e. The molecule has 0 heterocycles. The monoisotopic (exact) mass is 372 g/mol. The SMILES string of the molecule is CC(C)/N=C(/NCc1ccccc1)P(C1CCCCC1)C1CCCCC1. The molecule has 2 nitrogen and oxygen atoms in total. The van der Waals surface area contributed by atoms with Gasteiger partial charge >= 0.3 is 0 Å². The summed E-state index contributed by atoms with van der Waals surface area (Å²) in [5.74, 6) is 0. The summed E-state index contributed by atoms with van der Waals surface area (Å²) in [4.78, 5) is 5.18. The van der Waals surface area contributed by atoms with E-state index in [9.17, 15) is 0 Å². The van der Waals surface area contributed by atoms with E-state index in [4.69, 9.17) is 4.99 Å². The van der Waals surface area contributed by atoms with Crippen LogP contribution in [0, 0.1) is 0 Å². The van der Waals surface area contributed by atoms with Gasteiger partial charge in [0.2, 0.25) is 0 Å². The van der Waals surface area contributed by atoms with Crippen molar-refractivity contribution >= 4 is 13.5 Å². The van der Waals surface area contributed by atoms with E-state index in [-0.39, 0.29) is 7.92 Å². The Kier molecular flexibility index (Phi) is 7.99. The lowest BCUT2D eigenvalue weighted by Gasteiger charge is -2.39. The third-order valence-electron chi connectivity index (χ3n) is 5.85. The maximum absolute atomic E-state index is 5.18. The Morgan fingerprint density at radius 1 is 0.923 bits per heavy atom. The van der Waals surface area contributed by atoms with Crippen molar-refractivity contribution in [2.45, 2.75) is 102 Å². The van der Waals surface area contributed by atoms with Crippen LogP contribution < -0.4 is 5.32 Å². The highest BCUT2D eigenvalue weighted by Gasteiger charge is 2.34. The molecule has 144 valence electrons. The molecule has 3 heteroatoms. The molecule has 3 rings (SSSR count). The van der Waals surface area contributed by atoms with Crippen LogP contribution in [0.5, 0.6) is 0 Å². The number of hydrogen-bond acceptors (Lipinski definition) is 1. The summed E-state index contributed by atoms with van der Waals surface area (Å²) in [6.45, 7) is 5.39. The van der Waals surface area contributed by atoms with Crippen molar-refractivity contribution in [3.63, 3.8) is 0 Å². The van der Waals surface area contributed by atoms with E-state index in [0.717, 1.165) is 17.9 Å². The Bertz CT molecular complexity index is 525.